The van der Waals surface area contributed by atoms with Gasteiger partial charge in [-0.2, -0.15) is 18.4 Å². The number of Topliss-reactive ketones (excluding diaryl/α,β-unsaturated/α-hetero) is 1. The minimum Gasteiger partial charge on any atom is -0.383 e. The summed E-state index contributed by atoms with van der Waals surface area (Å²) in [5, 5.41) is 12.1. The number of imidazole rings is 1. The van der Waals surface area contributed by atoms with Gasteiger partial charge in [-0.05, 0) is 55.4 Å². The number of benzene rings is 2. The maximum absolute atomic E-state index is 13.8. The predicted molar refractivity (Wildman–Crippen MR) is 152 cm³/mol. The van der Waals surface area contributed by atoms with E-state index < -0.39 is 23.3 Å². The summed E-state index contributed by atoms with van der Waals surface area (Å²) in [5.41, 5.74) is 6.72. The Hall–Kier alpha value is -3.79. The van der Waals surface area contributed by atoms with Crippen molar-refractivity contribution < 1.29 is 22.7 Å². The van der Waals surface area contributed by atoms with Crippen molar-refractivity contribution in [3.8, 4) is 6.07 Å². The maximum Gasteiger partial charge on any atom is 0.416 e. The summed E-state index contributed by atoms with van der Waals surface area (Å²) in [5.74, 6) is -0.236. The standard InChI is InChI=1S/C29H33F3N6O2S/c1-28(2,25(39)14-23-16-35-19-37(23)17-21-10-8-20(15-33)9-11-21)26(34)38(27(41)36-12-13-40-3)18-22-6-4-5-7-24(22)29(30,31)32/h4-11,16,19,26H,12-14,17-18,34H2,1-3H3,(H,36,41). The highest BCUT2D eigenvalue weighted by atomic mass is 32.1. The molecule has 1 aromatic heterocycles. The molecule has 0 fully saturated rings. The Balaban J connectivity index is 1.84. The number of alkyl halides is 3. The lowest BCUT2D eigenvalue weighted by atomic mass is 9.82. The highest BCUT2D eigenvalue weighted by molar-refractivity contribution is 7.80. The van der Waals surface area contributed by atoms with Gasteiger partial charge in [0.1, 0.15) is 5.78 Å². The molecule has 41 heavy (non-hydrogen) atoms. The molecule has 2 aromatic carbocycles. The zero-order valence-electron chi connectivity index (χ0n) is 23.1. The number of aromatic nitrogens is 2. The van der Waals surface area contributed by atoms with Crippen LogP contribution in [0.15, 0.2) is 61.1 Å². The van der Waals surface area contributed by atoms with Crippen molar-refractivity contribution >= 4 is 23.1 Å². The average molecular weight is 587 g/mol. The molecule has 1 heterocycles. The van der Waals surface area contributed by atoms with E-state index >= 15 is 0 Å². The van der Waals surface area contributed by atoms with Crippen LogP contribution in [0.2, 0.25) is 0 Å². The second kappa shape index (κ2) is 13.7. The van der Waals surface area contributed by atoms with Gasteiger partial charge < -0.3 is 25.3 Å². The molecular weight excluding hydrogens is 553 g/mol. The van der Waals surface area contributed by atoms with Crippen LogP contribution in [-0.4, -0.2) is 51.8 Å². The minimum absolute atomic E-state index is 0.00613. The number of methoxy groups -OCH3 is 1. The number of halogens is 3. The van der Waals surface area contributed by atoms with Crippen molar-refractivity contribution in [1.82, 2.24) is 19.8 Å². The fourth-order valence-electron chi connectivity index (χ4n) is 4.24. The van der Waals surface area contributed by atoms with Gasteiger partial charge in [0.25, 0.3) is 0 Å². The van der Waals surface area contributed by atoms with E-state index in [4.69, 9.17) is 28.0 Å². The van der Waals surface area contributed by atoms with Crippen molar-refractivity contribution in [2.24, 2.45) is 11.1 Å². The van der Waals surface area contributed by atoms with E-state index in [0.29, 0.717) is 31.0 Å². The van der Waals surface area contributed by atoms with Crippen LogP contribution in [0.5, 0.6) is 0 Å². The molecule has 0 saturated carbocycles. The van der Waals surface area contributed by atoms with Gasteiger partial charge in [-0.15, -0.1) is 0 Å². The molecule has 12 heteroatoms. The van der Waals surface area contributed by atoms with Gasteiger partial charge >= 0.3 is 6.18 Å². The number of nitrogens with one attached hydrogen (secondary N) is 1. The van der Waals surface area contributed by atoms with Gasteiger partial charge in [-0.25, -0.2) is 4.98 Å². The monoisotopic (exact) mass is 586 g/mol. The summed E-state index contributed by atoms with van der Waals surface area (Å²) < 4.78 is 48.2. The van der Waals surface area contributed by atoms with Crippen LogP contribution >= 0.6 is 12.2 Å². The number of carbonyl (C=O) groups is 1. The van der Waals surface area contributed by atoms with E-state index in [0.717, 1.165) is 11.6 Å². The fourth-order valence-corrected chi connectivity index (χ4v) is 4.52. The Morgan fingerprint density at radius 2 is 1.90 bits per heavy atom. The molecule has 3 rings (SSSR count). The molecule has 1 unspecified atom stereocenters. The normalized spacial score (nSPS) is 12.4. The predicted octanol–water partition coefficient (Wildman–Crippen LogP) is 4.27. The number of carbonyl (C=O) groups excluding carboxylic acids is 1. The van der Waals surface area contributed by atoms with E-state index in [-0.39, 0.29) is 29.4 Å². The number of hydrogen-bond donors (Lipinski definition) is 2. The molecule has 0 aliphatic heterocycles. The van der Waals surface area contributed by atoms with Crippen LogP contribution in [0.1, 0.15) is 41.8 Å². The van der Waals surface area contributed by atoms with E-state index in [1.807, 2.05) is 16.7 Å². The van der Waals surface area contributed by atoms with Gasteiger partial charge in [0.2, 0.25) is 0 Å². The molecular formula is C29H33F3N6O2S. The number of hydrogen-bond acceptors (Lipinski definition) is 6. The molecule has 1 atom stereocenters. The number of nitrogens with zero attached hydrogens (tertiary/aromatic N) is 4. The van der Waals surface area contributed by atoms with Crippen molar-refractivity contribution in [2.45, 2.75) is 45.7 Å². The lowest BCUT2D eigenvalue weighted by Crippen LogP contribution is -2.59. The van der Waals surface area contributed by atoms with Gasteiger partial charge in [0.05, 0.1) is 41.7 Å². The number of thiocarbonyl (C=S) groups is 1. The zero-order chi connectivity index (χ0) is 30.2. The first kappa shape index (κ1) is 31.7. The number of nitriles is 1. The Labute approximate surface area is 242 Å². The summed E-state index contributed by atoms with van der Waals surface area (Å²) in [4.78, 5) is 19.3. The SMILES string of the molecule is COCCNC(=S)N(Cc1ccccc1C(F)(F)F)C(N)C(C)(C)C(=O)Cc1cncn1Cc1ccc(C#N)cc1. The summed E-state index contributed by atoms with van der Waals surface area (Å²) in [7, 11) is 1.52. The molecule has 218 valence electrons. The molecule has 0 aliphatic rings. The Morgan fingerprint density at radius 3 is 2.54 bits per heavy atom. The van der Waals surface area contributed by atoms with E-state index in [1.165, 1.54) is 30.2 Å². The van der Waals surface area contributed by atoms with Crippen LogP contribution < -0.4 is 11.1 Å². The van der Waals surface area contributed by atoms with Gasteiger partial charge in [-0.3, -0.25) is 4.79 Å². The van der Waals surface area contributed by atoms with Crippen molar-refractivity contribution in [2.75, 3.05) is 20.3 Å². The molecule has 8 nitrogen and oxygen atoms in total. The second-order valence-electron chi connectivity index (χ2n) is 10.1. The molecule has 0 bridgehead atoms. The van der Waals surface area contributed by atoms with Gasteiger partial charge in [-0.1, -0.05) is 30.3 Å². The third-order valence-electron chi connectivity index (χ3n) is 6.88. The molecule has 0 radical (unpaired) electrons. The summed E-state index contributed by atoms with van der Waals surface area (Å²) in [6, 6.07) is 14.4. The molecule has 0 aliphatic carbocycles. The van der Waals surface area contributed by atoms with Crippen LogP contribution in [-0.2, 0) is 35.2 Å². The van der Waals surface area contributed by atoms with Crippen LogP contribution in [0, 0.1) is 16.7 Å². The lowest BCUT2D eigenvalue weighted by Gasteiger charge is -2.40. The molecule has 3 N–H and O–H groups in total. The molecule has 0 spiro atoms. The average Bonchev–Trinajstić information content (AvgIpc) is 3.37. The highest BCUT2D eigenvalue weighted by Crippen LogP contribution is 2.34. The number of rotatable bonds is 12. The van der Waals surface area contributed by atoms with Crippen LogP contribution in [0.3, 0.4) is 0 Å². The highest BCUT2D eigenvalue weighted by Gasteiger charge is 2.40. The van der Waals surface area contributed by atoms with Gasteiger partial charge in [0.15, 0.2) is 5.11 Å². The first-order chi connectivity index (χ1) is 19.4. The zero-order valence-corrected chi connectivity index (χ0v) is 23.9. The van der Waals surface area contributed by atoms with Crippen molar-refractivity contribution in [3.05, 3.63) is 89.0 Å². The summed E-state index contributed by atoms with van der Waals surface area (Å²) >= 11 is 5.54. The third-order valence-corrected chi connectivity index (χ3v) is 7.26. The largest absolute Gasteiger partial charge is 0.416 e. The van der Waals surface area contributed by atoms with Crippen molar-refractivity contribution in [3.63, 3.8) is 0 Å². The van der Waals surface area contributed by atoms with Crippen LogP contribution in [0.4, 0.5) is 13.2 Å². The fraction of sp³-hybridized carbons (Fsp3) is 0.379. The molecule has 3 aromatic rings. The molecule has 0 amide bonds. The van der Waals surface area contributed by atoms with Crippen LogP contribution in [0.25, 0.3) is 0 Å². The summed E-state index contributed by atoms with van der Waals surface area (Å²) in [6.07, 6.45) is -2.43. The van der Waals surface area contributed by atoms with E-state index in [9.17, 15) is 18.0 Å². The topological polar surface area (TPSA) is 109 Å². The maximum atomic E-state index is 13.8. The van der Waals surface area contributed by atoms with Crippen molar-refractivity contribution in [1.29, 1.82) is 5.26 Å². The van der Waals surface area contributed by atoms with Gasteiger partial charge in [0, 0.05) is 45.1 Å². The second-order valence-corrected chi connectivity index (χ2v) is 10.5. The first-order valence-corrected chi connectivity index (χ1v) is 13.2. The first-order valence-electron chi connectivity index (χ1n) is 12.8. The number of ketones is 1. The number of nitrogens with two attached hydrogens (primary N) is 1. The number of ether oxygens (including phenoxy) is 1. The quantitative estimate of drug-likeness (QED) is 0.184. The van der Waals surface area contributed by atoms with E-state index in [1.54, 1.807) is 38.5 Å². The van der Waals surface area contributed by atoms with E-state index in [2.05, 4.69) is 16.4 Å². The lowest BCUT2D eigenvalue weighted by molar-refractivity contribution is -0.138. The Kier molecular flexibility index (Phi) is 10.6. The Bertz CT molecular complexity index is 1380. The Morgan fingerprint density at radius 1 is 1.22 bits per heavy atom. The minimum atomic E-state index is -4.57. The molecule has 0 saturated heterocycles. The third kappa shape index (κ3) is 8.13. The smallest absolute Gasteiger partial charge is 0.383 e. The summed E-state index contributed by atoms with van der Waals surface area (Å²) in [6.45, 7) is 4.11.